The zero-order valence-electron chi connectivity index (χ0n) is 30.6. The summed E-state index contributed by atoms with van der Waals surface area (Å²) in [6, 6.07) is 11.1. The number of nitrogens with zero attached hydrogens (tertiary/aromatic N) is 6. The van der Waals surface area contributed by atoms with Gasteiger partial charge in [0.25, 0.3) is 6.20 Å². The molecule has 0 unspecified atom stereocenters. The second-order valence-corrected chi connectivity index (χ2v) is 20.4. The third kappa shape index (κ3) is 19.1. The first-order valence-electron chi connectivity index (χ1n) is 16.4. The van der Waals surface area contributed by atoms with Gasteiger partial charge in [0, 0.05) is 36.4 Å². The number of aliphatic hydroxyl groups is 1. The van der Waals surface area contributed by atoms with E-state index in [1.807, 2.05) is 88.5 Å². The van der Waals surface area contributed by atoms with Crippen LogP contribution < -0.4 is 5.32 Å². The molecular weight excluding hydrogens is 772 g/mol. The van der Waals surface area contributed by atoms with Crippen LogP contribution in [0.15, 0.2) is 67.3 Å². The van der Waals surface area contributed by atoms with Gasteiger partial charge in [0.05, 0.1) is 30.3 Å². The van der Waals surface area contributed by atoms with Gasteiger partial charge in [-0.15, -0.1) is 0 Å². The van der Waals surface area contributed by atoms with Crippen LogP contribution in [0, 0.1) is 15.5 Å². The SMILES string of the molecule is CC(C)(C)[C@H](O)[C@H](Cc1ccc(Cl)cc1)n1cncn1.CCN(Cc1ccc(Cl)nc1)/C(=C/[N+](=O)[O-])NC.CCOP(=S)(OCC)SCSCC. The van der Waals surface area contributed by atoms with Gasteiger partial charge >= 0.3 is 0 Å². The van der Waals surface area contributed by atoms with Crippen molar-refractivity contribution >= 4 is 63.8 Å². The lowest BCUT2D eigenvalue weighted by Gasteiger charge is -2.33. The highest BCUT2D eigenvalue weighted by molar-refractivity contribution is 8.69. The Morgan fingerprint density at radius 2 is 1.76 bits per heavy atom. The van der Waals surface area contributed by atoms with Crippen LogP contribution in [0.1, 0.15) is 65.6 Å². The van der Waals surface area contributed by atoms with E-state index < -0.39 is 16.7 Å². The number of nitro groups is 1. The fourth-order valence-corrected chi connectivity index (χ4v) is 11.6. The molecule has 1 aromatic carbocycles. The van der Waals surface area contributed by atoms with Crippen molar-refractivity contribution < 1.29 is 19.1 Å². The molecule has 0 amide bonds. The Morgan fingerprint density at radius 1 is 1.14 bits per heavy atom. The number of nitrogens with one attached hydrogen (secondary N) is 1. The lowest BCUT2D eigenvalue weighted by atomic mass is 9.82. The van der Waals surface area contributed by atoms with Gasteiger partial charge in [-0.2, -0.15) is 16.9 Å². The average molecular weight is 825 g/mol. The van der Waals surface area contributed by atoms with E-state index in [1.165, 1.54) is 6.33 Å². The van der Waals surface area contributed by atoms with E-state index in [-0.39, 0.29) is 11.5 Å². The molecule has 0 saturated carbocycles. The summed E-state index contributed by atoms with van der Waals surface area (Å²) >= 11 is 20.4. The number of rotatable bonds is 18. The maximum absolute atomic E-state index is 10.6. The van der Waals surface area contributed by atoms with E-state index in [9.17, 15) is 15.2 Å². The molecule has 3 rings (SSSR count). The molecule has 0 fully saturated rings. The first kappa shape index (κ1) is 47.1. The van der Waals surface area contributed by atoms with Crippen LogP contribution in [0.25, 0.3) is 0 Å². The average Bonchev–Trinajstić information content (AvgIpc) is 3.62. The maximum Gasteiger partial charge on any atom is 0.274 e. The standard InChI is InChI=1S/C15H20ClN3O.C11H15ClN4O2.C7H17O2PS3/c1-15(2,3)14(20)13(19-10-17-9-18-19)8-11-4-6-12(16)7-5-11;1-3-15(11(13-2)8-16(17)18)7-9-4-5-10(12)14-6-9;1-4-8-10(11,9-5-2)13-7-12-6-3/h4-7,9-10,13-14,20H,8H2,1-3H3;4-6,8,13H,3,7H2,1-2H3;4-7H2,1-3H3/b;11-8+;/t13-,14+;;/m0../s1. The first-order chi connectivity index (χ1) is 24.1. The summed E-state index contributed by atoms with van der Waals surface area (Å²) in [6.07, 6.45) is 5.90. The Balaban J connectivity index is 0.000000392. The van der Waals surface area contributed by atoms with Crippen LogP contribution in [-0.2, 0) is 33.8 Å². The topological polar surface area (TPSA) is 141 Å². The van der Waals surface area contributed by atoms with Gasteiger partial charge in [-0.05, 0) is 79.5 Å². The highest BCUT2D eigenvalue weighted by Gasteiger charge is 2.32. The van der Waals surface area contributed by atoms with Crippen molar-refractivity contribution in [1.29, 1.82) is 0 Å². The summed E-state index contributed by atoms with van der Waals surface area (Å²) in [7, 11) is 1.65. The van der Waals surface area contributed by atoms with Crippen molar-refractivity contribution in [3.05, 3.63) is 98.7 Å². The molecule has 18 heteroatoms. The Hall–Kier alpha value is -1.94. The van der Waals surface area contributed by atoms with E-state index in [4.69, 9.17) is 44.1 Å². The third-order valence-electron chi connectivity index (χ3n) is 6.83. The Morgan fingerprint density at radius 3 is 2.22 bits per heavy atom. The van der Waals surface area contributed by atoms with Gasteiger partial charge in [0.15, 0.2) is 5.82 Å². The van der Waals surface area contributed by atoms with Crippen LogP contribution in [0.4, 0.5) is 0 Å². The van der Waals surface area contributed by atoms with Crippen LogP contribution in [0.5, 0.6) is 0 Å². The number of hydrogen-bond acceptors (Lipinski definition) is 13. The Labute approximate surface area is 326 Å². The number of halogens is 2. The monoisotopic (exact) mass is 823 g/mol. The lowest BCUT2D eigenvalue weighted by molar-refractivity contribution is -0.404. The molecule has 12 nitrogen and oxygen atoms in total. The van der Waals surface area contributed by atoms with Crippen molar-refractivity contribution in [3.63, 3.8) is 0 Å². The summed E-state index contributed by atoms with van der Waals surface area (Å²) in [5.41, 5.74) is -0.208. The van der Waals surface area contributed by atoms with E-state index >= 15 is 0 Å². The van der Waals surface area contributed by atoms with Gasteiger partial charge < -0.3 is 24.4 Å². The minimum atomic E-state index is -2.02. The molecule has 0 aliphatic rings. The number of hydrogen-bond donors (Lipinski definition) is 2. The number of aliphatic hydroxyl groups excluding tert-OH is 1. The Bertz CT molecular complexity index is 1460. The summed E-state index contributed by atoms with van der Waals surface area (Å²) in [5.74, 6) is 1.57. The fraction of sp³-hybridized carbons (Fsp3) is 0.545. The summed E-state index contributed by atoms with van der Waals surface area (Å²) in [6.45, 7) is 16.5. The van der Waals surface area contributed by atoms with Crippen molar-refractivity contribution in [2.75, 3.05) is 37.6 Å². The summed E-state index contributed by atoms with van der Waals surface area (Å²) < 4.78 is 12.7. The molecule has 2 aromatic heterocycles. The zero-order valence-corrected chi connectivity index (χ0v) is 35.4. The molecule has 0 radical (unpaired) electrons. The van der Waals surface area contributed by atoms with E-state index in [2.05, 4.69) is 27.3 Å². The van der Waals surface area contributed by atoms with Crippen LogP contribution in [-0.4, -0.2) is 78.4 Å². The van der Waals surface area contributed by atoms with Gasteiger partial charge in [-0.25, -0.2) is 14.6 Å². The zero-order chi connectivity index (χ0) is 38.5. The van der Waals surface area contributed by atoms with Crippen molar-refractivity contribution in [2.24, 2.45) is 5.41 Å². The first-order valence-corrected chi connectivity index (χ1v) is 22.5. The van der Waals surface area contributed by atoms with Gasteiger partial charge in [0.1, 0.15) is 17.8 Å². The largest absolute Gasteiger partial charge is 0.390 e. The Kier molecular flexibility index (Phi) is 23.2. The number of aromatic nitrogens is 4. The molecule has 3 aromatic rings. The number of benzene rings is 1. The molecule has 0 aliphatic carbocycles. The molecule has 51 heavy (non-hydrogen) atoms. The summed E-state index contributed by atoms with van der Waals surface area (Å²) in [5, 5.41) is 30.2. The molecule has 2 heterocycles. The fourth-order valence-electron chi connectivity index (χ4n) is 4.28. The molecule has 0 spiro atoms. The second kappa shape index (κ2) is 25.1. The third-order valence-corrected chi connectivity index (χ3v) is 14.4. The minimum Gasteiger partial charge on any atom is -0.390 e. The lowest BCUT2D eigenvalue weighted by Crippen LogP contribution is -2.37. The van der Waals surface area contributed by atoms with Crippen LogP contribution in [0.3, 0.4) is 0 Å². The predicted octanol–water partition coefficient (Wildman–Crippen LogP) is 8.70. The van der Waals surface area contributed by atoms with Crippen LogP contribution in [0.2, 0.25) is 10.2 Å². The quantitative estimate of drug-likeness (QED) is 0.0316. The van der Waals surface area contributed by atoms with Gasteiger partial charge in [-0.3, -0.25) is 10.1 Å². The van der Waals surface area contributed by atoms with E-state index in [1.54, 1.807) is 41.7 Å². The highest BCUT2D eigenvalue weighted by atomic mass is 35.5. The van der Waals surface area contributed by atoms with Gasteiger partial charge in [-0.1, -0.05) is 80.5 Å². The van der Waals surface area contributed by atoms with E-state index in [0.29, 0.717) is 48.7 Å². The molecule has 0 saturated heterocycles. The van der Waals surface area contributed by atoms with Crippen molar-refractivity contribution in [1.82, 2.24) is 30.0 Å². The molecular formula is C33H52Cl2N7O5PS3. The van der Waals surface area contributed by atoms with Crippen LogP contribution >= 0.6 is 52.0 Å². The second-order valence-electron chi connectivity index (χ2n) is 11.7. The molecule has 2 atom stereocenters. The highest BCUT2D eigenvalue weighted by Crippen LogP contribution is 2.61. The molecule has 286 valence electrons. The number of thioether (sulfide) groups is 1. The van der Waals surface area contributed by atoms with Crippen molar-refractivity contribution in [2.45, 2.75) is 73.6 Å². The summed E-state index contributed by atoms with van der Waals surface area (Å²) in [4.78, 5) is 19.8. The smallest absolute Gasteiger partial charge is 0.274 e. The van der Waals surface area contributed by atoms with Gasteiger partial charge in [0.2, 0.25) is 5.69 Å². The van der Waals surface area contributed by atoms with Crippen molar-refractivity contribution in [3.8, 4) is 0 Å². The molecule has 2 N–H and O–H groups in total. The molecule has 0 bridgehead atoms. The van der Waals surface area contributed by atoms with E-state index in [0.717, 1.165) is 28.2 Å². The molecule has 0 aliphatic heterocycles. The minimum absolute atomic E-state index is 0.154. The predicted molar refractivity (Wildman–Crippen MR) is 217 cm³/mol. The normalized spacial score (nSPS) is 12.9. The maximum atomic E-state index is 10.6. The number of pyridine rings is 1.